The number of hydrogen-bond acceptors (Lipinski definition) is 0. The first-order chi connectivity index (χ1) is 5.18. The van der Waals surface area contributed by atoms with E-state index in [0.717, 1.165) is 0 Å². The highest BCUT2D eigenvalue weighted by Crippen LogP contribution is 2.13. The predicted molar refractivity (Wildman–Crippen MR) is 55.0 cm³/mol. The third-order valence-corrected chi connectivity index (χ3v) is 1.64. The first-order valence-electron chi connectivity index (χ1n) is 3.92. The molecule has 0 unspecified atom stereocenters. The molecule has 0 N–H and O–H groups in total. The second-order valence-corrected chi connectivity index (χ2v) is 3.22. The normalized spacial score (nSPS) is 8.45. The van der Waals surface area contributed by atoms with Gasteiger partial charge in [-0.1, -0.05) is 35.8 Å². The summed E-state index contributed by atoms with van der Waals surface area (Å²) in [5, 5.41) is 0. The molecule has 0 aliphatic carbocycles. The van der Waals surface area contributed by atoms with Crippen molar-refractivity contribution in [2.24, 2.45) is 0 Å². The van der Waals surface area contributed by atoms with Gasteiger partial charge in [-0.3, -0.25) is 0 Å². The van der Waals surface area contributed by atoms with Crippen LogP contribution in [0.3, 0.4) is 0 Å². The van der Waals surface area contributed by atoms with Gasteiger partial charge in [-0.15, -0.1) is 0 Å². The van der Waals surface area contributed by atoms with Crippen LogP contribution in [0.25, 0.3) is 0 Å². The molecule has 0 saturated carbocycles. The Balaban J connectivity index is 0.000000461. The minimum Gasteiger partial charge on any atom is -0.0683 e. The van der Waals surface area contributed by atoms with Gasteiger partial charge in [0.15, 0.2) is 0 Å². The molecule has 1 aromatic rings. The monoisotopic (exact) mass is 214 g/mol. The molecule has 0 heterocycles. The Kier molecular flexibility index (Phi) is 5.22. The third kappa shape index (κ3) is 4.20. The Bertz CT molecular complexity index is 166. The Morgan fingerprint density at radius 2 is 1.27 bits per heavy atom. The van der Waals surface area contributed by atoms with Gasteiger partial charge in [-0.25, -0.2) is 0 Å². The zero-order valence-electron chi connectivity index (χ0n) is 7.61. The summed E-state index contributed by atoms with van der Waals surface area (Å²) in [4.78, 5) is 0. The van der Waals surface area contributed by atoms with Crippen molar-refractivity contribution < 1.29 is 0 Å². The van der Waals surface area contributed by atoms with E-state index < -0.39 is 0 Å². The highest BCUT2D eigenvalue weighted by Gasteiger charge is 1.88. The highest BCUT2D eigenvalue weighted by atomic mass is 79.9. The number of hydrogen-bond donors (Lipinski definition) is 0. The average molecular weight is 215 g/mol. The van der Waals surface area contributed by atoms with Gasteiger partial charge in [0.1, 0.15) is 0 Å². The molecule has 0 fully saturated rings. The van der Waals surface area contributed by atoms with E-state index in [1.54, 1.807) is 0 Å². The zero-order valence-corrected chi connectivity index (χ0v) is 9.20. The maximum atomic E-state index is 3.41. The largest absolute Gasteiger partial charge is 0.0683 e. The average Bonchev–Trinajstić information content (AvgIpc) is 1.88. The molecule has 0 saturated heterocycles. The molecule has 0 aliphatic heterocycles. The van der Waals surface area contributed by atoms with Crippen molar-refractivity contribution in [2.75, 3.05) is 0 Å². The van der Waals surface area contributed by atoms with Gasteiger partial charge in [0.05, 0.1) is 0 Å². The van der Waals surface area contributed by atoms with Crippen LogP contribution >= 0.6 is 15.9 Å². The summed E-state index contributed by atoms with van der Waals surface area (Å²) in [5.74, 6) is 0. The molecule has 1 rings (SSSR count). The van der Waals surface area contributed by atoms with Gasteiger partial charge in [0.25, 0.3) is 0 Å². The molecule has 11 heavy (non-hydrogen) atoms. The molecule has 0 bridgehead atoms. The maximum Gasteiger partial charge on any atom is 0.0180 e. The molecular formula is C10H15Br. The summed E-state index contributed by atoms with van der Waals surface area (Å²) in [6, 6.07) is 6.37. The molecule has 0 atom stereocenters. The minimum atomic E-state index is 1.17. The van der Waals surface area contributed by atoms with Crippen LogP contribution in [-0.4, -0.2) is 0 Å². The number of halogens is 1. The Morgan fingerprint density at radius 3 is 1.55 bits per heavy atom. The Hall–Kier alpha value is -0.300. The Labute approximate surface area is 77.8 Å². The summed E-state index contributed by atoms with van der Waals surface area (Å²) in [6.07, 6.45) is 0. The molecule has 1 heteroatoms. The van der Waals surface area contributed by atoms with E-state index in [4.69, 9.17) is 0 Å². The van der Waals surface area contributed by atoms with Crippen molar-refractivity contribution in [3.8, 4) is 0 Å². The van der Waals surface area contributed by atoms with Crippen LogP contribution in [0, 0.1) is 13.8 Å². The number of aryl methyl sites for hydroxylation is 2. The molecule has 1 aromatic carbocycles. The SMILES string of the molecule is CC.Cc1cc(C)cc(Br)c1. The lowest BCUT2D eigenvalue weighted by Gasteiger charge is -1.95. The minimum absolute atomic E-state index is 1.17. The highest BCUT2D eigenvalue weighted by molar-refractivity contribution is 9.10. The molecular weight excluding hydrogens is 200 g/mol. The van der Waals surface area contributed by atoms with Gasteiger partial charge >= 0.3 is 0 Å². The van der Waals surface area contributed by atoms with Crippen LogP contribution in [0.1, 0.15) is 25.0 Å². The van der Waals surface area contributed by atoms with E-state index in [0.29, 0.717) is 0 Å². The summed E-state index contributed by atoms with van der Waals surface area (Å²) in [7, 11) is 0. The van der Waals surface area contributed by atoms with Crippen molar-refractivity contribution in [3.63, 3.8) is 0 Å². The van der Waals surface area contributed by atoms with Gasteiger partial charge in [-0.05, 0) is 37.1 Å². The van der Waals surface area contributed by atoms with Gasteiger partial charge in [0.2, 0.25) is 0 Å². The second-order valence-electron chi connectivity index (χ2n) is 2.31. The predicted octanol–water partition coefficient (Wildman–Crippen LogP) is 4.09. The van der Waals surface area contributed by atoms with Crippen molar-refractivity contribution in [3.05, 3.63) is 33.8 Å². The molecule has 0 aromatic heterocycles. The maximum absolute atomic E-state index is 3.41. The second kappa shape index (κ2) is 5.36. The fraction of sp³-hybridized carbons (Fsp3) is 0.400. The molecule has 0 amide bonds. The fourth-order valence-electron chi connectivity index (χ4n) is 0.919. The quantitative estimate of drug-likeness (QED) is 0.611. The van der Waals surface area contributed by atoms with Crippen LogP contribution in [0.15, 0.2) is 22.7 Å². The molecule has 0 nitrogen and oxygen atoms in total. The van der Waals surface area contributed by atoms with Gasteiger partial charge in [0, 0.05) is 4.47 Å². The Morgan fingerprint density at radius 1 is 0.909 bits per heavy atom. The first-order valence-corrected chi connectivity index (χ1v) is 4.71. The van der Waals surface area contributed by atoms with Crippen LogP contribution in [0.2, 0.25) is 0 Å². The van der Waals surface area contributed by atoms with E-state index in [-0.39, 0.29) is 0 Å². The van der Waals surface area contributed by atoms with Crippen LogP contribution in [0.5, 0.6) is 0 Å². The summed E-state index contributed by atoms with van der Waals surface area (Å²) >= 11 is 3.41. The van der Waals surface area contributed by atoms with E-state index in [1.807, 2.05) is 13.8 Å². The first kappa shape index (κ1) is 10.7. The van der Waals surface area contributed by atoms with Crippen LogP contribution in [0.4, 0.5) is 0 Å². The molecule has 0 radical (unpaired) electrons. The van der Waals surface area contributed by atoms with Crippen molar-refractivity contribution in [1.29, 1.82) is 0 Å². The van der Waals surface area contributed by atoms with Crippen molar-refractivity contribution in [1.82, 2.24) is 0 Å². The molecule has 0 aliphatic rings. The smallest absolute Gasteiger partial charge is 0.0180 e. The zero-order chi connectivity index (χ0) is 8.85. The molecule has 0 spiro atoms. The lowest BCUT2D eigenvalue weighted by Crippen LogP contribution is -1.74. The van der Waals surface area contributed by atoms with E-state index in [2.05, 4.69) is 48.0 Å². The topological polar surface area (TPSA) is 0 Å². The fourth-order valence-corrected chi connectivity index (χ4v) is 1.64. The number of rotatable bonds is 0. The third-order valence-electron chi connectivity index (χ3n) is 1.19. The lowest BCUT2D eigenvalue weighted by atomic mass is 10.2. The summed E-state index contributed by atoms with van der Waals surface area (Å²) in [5.41, 5.74) is 2.61. The van der Waals surface area contributed by atoms with Gasteiger partial charge < -0.3 is 0 Å². The van der Waals surface area contributed by atoms with Crippen LogP contribution < -0.4 is 0 Å². The number of benzene rings is 1. The molecule has 62 valence electrons. The lowest BCUT2D eigenvalue weighted by molar-refractivity contribution is 1.37. The van der Waals surface area contributed by atoms with Crippen molar-refractivity contribution in [2.45, 2.75) is 27.7 Å². The summed E-state index contributed by atoms with van der Waals surface area (Å²) in [6.45, 7) is 8.19. The standard InChI is InChI=1S/C8H9Br.C2H6/c1-6-3-7(2)5-8(9)4-6;1-2/h3-5H,1-2H3;1-2H3. The summed E-state index contributed by atoms with van der Waals surface area (Å²) < 4.78 is 1.17. The van der Waals surface area contributed by atoms with E-state index >= 15 is 0 Å². The van der Waals surface area contributed by atoms with Gasteiger partial charge in [-0.2, -0.15) is 0 Å². The van der Waals surface area contributed by atoms with Crippen LogP contribution in [-0.2, 0) is 0 Å². The van der Waals surface area contributed by atoms with E-state index in [1.165, 1.54) is 15.6 Å². The van der Waals surface area contributed by atoms with E-state index in [9.17, 15) is 0 Å². The van der Waals surface area contributed by atoms with Crippen molar-refractivity contribution >= 4 is 15.9 Å².